The quantitative estimate of drug-likeness (QED) is 0.476. The molecular formula is C5H9N3. The molecule has 44 valence electrons. The molecule has 0 aromatic rings. The largest absolute Gasteiger partial charge is 0.368 e. The molecule has 0 spiro atoms. The smallest absolute Gasteiger partial charge is 0.215 e. The van der Waals surface area contributed by atoms with E-state index >= 15 is 0 Å². The number of hydrogen-bond acceptors (Lipinski definition) is 3. The molecule has 0 atom stereocenters. The van der Waals surface area contributed by atoms with Crippen molar-refractivity contribution in [2.24, 2.45) is 15.7 Å². The third kappa shape index (κ3) is 1.05. The van der Waals surface area contributed by atoms with Crippen LogP contribution in [-0.2, 0) is 0 Å². The Morgan fingerprint density at radius 2 is 2.38 bits per heavy atom. The van der Waals surface area contributed by atoms with Gasteiger partial charge in [-0.15, -0.1) is 0 Å². The SMILES string of the molecule is CC1=NC(N)=NCC1. The van der Waals surface area contributed by atoms with E-state index in [1.54, 1.807) is 0 Å². The highest BCUT2D eigenvalue weighted by molar-refractivity contribution is 5.96. The Morgan fingerprint density at radius 3 is 2.75 bits per heavy atom. The molecule has 3 heteroatoms. The summed E-state index contributed by atoms with van der Waals surface area (Å²) >= 11 is 0. The first-order valence-corrected chi connectivity index (χ1v) is 2.63. The monoisotopic (exact) mass is 111 g/mol. The van der Waals surface area contributed by atoms with Crippen LogP contribution in [0.1, 0.15) is 13.3 Å². The van der Waals surface area contributed by atoms with Crippen LogP contribution in [-0.4, -0.2) is 18.2 Å². The second-order valence-electron chi connectivity index (χ2n) is 1.84. The van der Waals surface area contributed by atoms with Gasteiger partial charge in [-0.25, -0.2) is 4.99 Å². The average molecular weight is 111 g/mol. The maximum absolute atomic E-state index is 5.29. The minimum absolute atomic E-state index is 0.425. The van der Waals surface area contributed by atoms with E-state index in [9.17, 15) is 0 Å². The molecule has 0 bridgehead atoms. The van der Waals surface area contributed by atoms with Gasteiger partial charge in [0, 0.05) is 18.7 Å². The minimum Gasteiger partial charge on any atom is -0.368 e. The molecule has 0 aliphatic carbocycles. The van der Waals surface area contributed by atoms with Crippen LogP contribution in [0.2, 0.25) is 0 Å². The zero-order valence-electron chi connectivity index (χ0n) is 4.89. The Bertz CT molecular complexity index is 146. The molecule has 1 aliphatic rings. The lowest BCUT2D eigenvalue weighted by Gasteiger charge is -2.02. The molecular weight excluding hydrogens is 102 g/mol. The number of rotatable bonds is 0. The van der Waals surface area contributed by atoms with Crippen LogP contribution in [0.5, 0.6) is 0 Å². The second-order valence-corrected chi connectivity index (χ2v) is 1.84. The van der Waals surface area contributed by atoms with Gasteiger partial charge in [0.2, 0.25) is 5.96 Å². The second kappa shape index (κ2) is 1.94. The van der Waals surface area contributed by atoms with E-state index in [-0.39, 0.29) is 0 Å². The summed E-state index contributed by atoms with van der Waals surface area (Å²) in [7, 11) is 0. The maximum Gasteiger partial charge on any atom is 0.215 e. The van der Waals surface area contributed by atoms with E-state index in [4.69, 9.17) is 5.73 Å². The van der Waals surface area contributed by atoms with Gasteiger partial charge in [0.1, 0.15) is 0 Å². The Hall–Kier alpha value is -0.860. The lowest BCUT2D eigenvalue weighted by atomic mass is 10.3. The van der Waals surface area contributed by atoms with Crippen molar-refractivity contribution in [2.75, 3.05) is 6.54 Å². The molecule has 0 unspecified atom stereocenters. The van der Waals surface area contributed by atoms with E-state index in [0.717, 1.165) is 18.7 Å². The van der Waals surface area contributed by atoms with E-state index < -0.39 is 0 Å². The Balaban J connectivity index is 2.69. The number of hydrogen-bond donors (Lipinski definition) is 1. The van der Waals surface area contributed by atoms with Crippen LogP contribution >= 0.6 is 0 Å². The molecule has 0 fully saturated rings. The molecule has 0 saturated carbocycles. The molecule has 1 rings (SSSR count). The summed E-state index contributed by atoms with van der Waals surface area (Å²) in [5, 5.41) is 0. The summed E-state index contributed by atoms with van der Waals surface area (Å²) in [6.07, 6.45) is 0.959. The van der Waals surface area contributed by atoms with Gasteiger partial charge < -0.3 is 5.73 Å². The minimum atomic E-state index is 0.425. The maximum atomic E-state index is 5.29. The predicted octanol–water partition coefficient (Wildman–Crippen LogP) is 0.166. The third-order valence-electron chi connectivity index (χ3n) is 1.05. The van der Waals surface area contributed by atoms with Crippen molar-refractivity contribution in [1.29, 1.82) is 0 Å². The van der Waals surface area contributed by atoms with Crippen LogP contribution in [0.25, 0.3) is 0 Å². The van der Waals surface area contributed by atoms with Crippen molar-refractivity contribution in [1.82, 2.24) is 0 Å². The molecule has 0 radical (unpaired) electrons. The normalized spacial score (nSPS) is 19.6. The van der Waals surface area contributed by atoms with Crippen molar-refractivity contribution < 1.29 is 0 Å². The molecule has 0 aromatic carbocycles. The average Bonchev–Trinajstić information content (AvgIpc) is 1.64. The molecule has 2 N–H and O–H groups in total. The fourth-order valence-corrected chi connectivity index (χ4v) is 0.619. The summed E-state index contributed by atoms with van der Waals surface area (Å²) in [6.45, 7) is 2.77. The highest BCUT2D eigenvalue weighted by atomic mass is 15.0. The fourth-order valence-electron chi connectivity index (χ4n) is 0.619. The van der Waals surface area contributed by atoms with Gasteiger partial charge in [0.05, 0.1) is 0 Å². The summed E-state index contributed by atoms with van der Waals surface area (Å²) in [5.74, 6) is 0.425. The van der Waals surface area contributed by atoms with E-state index in [1.165, 1.54) is 0 Å². The highest BCUT2D eigenvalue weighted by Gasteiger charge is 1.97. The van der Waals surface area contributed by atoms with Crippen LogP contribution in [0, 0.1) is 0 Å². The van der Waals surface area contributed by atoms with Crippen molar-refractivity contribution in [3.05, 3.63) is 0 Å². The van der Waals surface area contributed by atoms with E-state index in [1.807, 2.05) is 6.92 Å². The van der Waals surface area contributed by atoms with Gasteiger partial charge in [-0.3, -0.25) is 4.99 Å². The topological polar surface area (TPSA) is 50.7 Å². The van der Waals surface area contributed by atoms with E-state index in [2.05, 4.69) is 9.98 Å². The molecule has 0 saturated heterocycles. The van der Waals surface area contributed by atoms with Gasteiger partial charge in [-0.2, -0.15) is 0 Å². The zero-order valence-corrected chi connectivity index (χ0v) is 4.89. The Kier molecular flexibility index (Phi) is 1.28. The third-order valence-corrected chi connectivity index (χ3v) is 1.05. The molecule has 1 aliphatic heterocycles. The summed E-state index contributed by atoms with van der Waals surface area (Å²) in [6, 6.07) is 0. The molecule has 8 heavy (non-hydrogen) atoms. The molecule has 1 heterocycles. The first kappa shape index (κ1) is 5.28. The number of nitrogens with zero attached hydrogens (tertiary/aromatic N) is 2. The summed E-state index contributed by atoms with van der Waals surface area (Å²) < 4.78 is 0. The van der Waals surface area contributed by atoms with Gasteiger partial charge in [-0.1, -0.05) is 0 Å². The van der Waals surface area contributed by atoms with Gasteiger partial charge >= 0.3 is 0 Å². The number of aliphatic imine (C=N–C) groups is 2. The van der Waals surface area contributed by atoms with E-state index in [0.29, 0.717) is 5.96 Å². The van der Waals surface area contributed by atoms with Crippen molar-refractivity contribution in [3.63, 3.8) is 0 Å². The van der Waals surface area contributed by atoms with Crippen molar-refractivity contribution >= 4 is 11.7 Å². The molecule has 0 amide bonds. The van der Waals surface area contributed by atoms with Crippen LogP contribution < -0.4 is 5.73 Å². The standard InChI is InChI=1S/C5H9N3/c1-4-2-3-7-5(6)8-4/h2-3H2,1H3,(H2,6,7). The highest BCUT2D eigenvalue weighted by Crippen LogP contribution is 1.93. The van der Waals surface area contributed by atoms with Crippen molar-refractivity contribution in [3.8, 4) is 0 Å². The summed E-state index contributed by atoms with van der Waals surface area (Å²) in [4.78, 5) is 7.81. The van der Waals surface area contributed by atoms with Gasteiger partial charge in [0.25, 0.3) is 0 Å². The zero-order chi connectivity index (χ0) is 5.98. The van der Waals surface area contributed by atoms with Crippen molar-refractivity contribution in [2.45, 2.75) is 13.3 Å². The predicted molar refractivity (Wildman–Crippen MR) is 34.2 cm³/mol. The number of nitrogens with two attached hydrogens (primary N) is 1. The van der Waals surface area contributed by atoms with Gasteiger partial charge in [0.15, 0.2) is 0 Å². The Labute approximate surface area is 48.3 Å². The first-order valence-electron chi connectivity index (χ1n) is 2.63. The van der Waals surface area contributed by atoms with Crippen LogP contribution in [0.3, 0.4) is 0 Å². The lowest BCUT2D eigenvalue weighted by Crippen LogP contribution is -2.16. The molecule has 0 aromatic heterocycles. The van der Waals surface area contributed by atoms with Gasteiger partial charge in [-0.05, 0) is 6.92 Å². The lowest BCUT2D eigenvalue weighted by molar-refractivity contribution is 1.00. The van der Waals surface area contributed by atoms with Crippen LogP contribution in [0.4, 0.5) is 0 Å². The number of guanidine groups is 1. The van der Waals surface area contributed by atoms with Crippen LogP contribution in [0.15, 0.2) is 9.98 Å². The Morgan fingerprint density at radius 1 is 1.62 bits per heavy atom. The molecule has 3 nitrogen and oxygen atoms in total. The fraction of sp³-hybridized carbons (Fsp3) is 0.600. The summed E-state index contributed by atoms with van der Waals surface area (Å²) in [5.41, 5.74) is 6.37. The first-order chi connectivity index (χ1) is 3.79.